The second-order valence-corrected chi connectivity index (χ2v) is 8.87. The third-order valence-corrected chi connectivity index (χ3v) is 7.42. The molecule has 0 aliphatic carbocycles. The highest BCUT2D eigenvalue weighted by Gasteiger charge is 2.31. The summed E-state index contributed by atoms with van der Waals surface area (Å²) in [5.41, 5.74) is 0.477. The second-order valence-electron chi connectivity index (χ2n) is 5.05. The van der Waals surface area contributed by atoms with Gasteiger partial charge in [-0.3, -0.25) is 4.90 Å². The molecule has 114 valence electrons. The number of thiazole rings is 1. The van der Waals surface area contributed by atoms with Crippen molar-refractivity contribution in [2.24, 2.45) is 0 Å². The van der Waals surface area contributed by atoms with E-state index in [1.807, 2.05) is 0 Å². The Balaban J connectivity index is 2.15. The number of aromatic nitrogens is 1. The Morgan fingerprint density at radius 3 is 2.80 bits per heavy atom. The zero-order chi connectivity index (χ0) is 14.9. The van der Waals surface area contributed by atoms with E-state index in [0.717, 1.165) is 37.3 Å². The summed E-state index contributed by atoms with van der Waals surface area (Å²) in [7, 11) is -1.86. The average Bonchev–Trinajstić information content (AvgIpc) is 2.95. The topological polar surface area (TPSA) is 53.5 Å². The molecule has 0 bridgehead atoms. The molecule has 1 aliphatic heterocycles. The van der Waals surface area contributed by atoms with E-state index in [2.05, 4.69) is 16.8 Å². The molecule has 2 heterocycles. The molecule has 1 aromatic heterocycles. The molecule has 8 heteroatoms. The van der Waals surface area contributed by atoms with Crippen LogP contribution in [0.2, 0.25) is 4.47 Å². The highest BCUT2D eigenvalue weighted by molar-refractivity contribution is 7.91. The van der Waals surface area contributed by atoms with E-state index in [9.17, 15) is 8.42 Å². The molecule has 0 aromatic carbocycles. The SMILES string of the molecule is CCN1CCCC1CN(C)S(=O)(=O)c1sc(Cl)nc1C. The zero-order valence-corrected chi connectivity index (χ0v) is 14.4. The molecule has 0 amide bonds. The summed E-state index contributed by atoms with van der Waals surface area (Å²) in [6.07, 6.45) is 2.19. The van der Waals surface area contributed by atoms with Crippen molar-refractivity contribution in [3.05, 3.63) is 10.2 Å². The Morgan fingerprint density at radius 1 is 1.55 bits per heavy atom. The van der Waals surface area contributed by atoms with E-state index >= 15 is 0 Å². The van der Waals surface area contributed by atoms with E-state index in [4.69, 9.17) is 11.6 Å². The fourth-order valence-corrected chi connectivity index (χ4v) is 5.78. The molecule has 1 aliphatic rings. The number of likely N-dealkylation sites (N-methyl/N-ethyl adjacent to an activating group) is 2. The maximum atomic E-state index is 12.6. The third-order valence-electron chi connectivity index (χ3n) is 3.75. The molecule has 2 rings (SSSR count). The lowest BCUT2D eigenvalue weighted by atomic mass is 10.2. The molecular weight excluding hydrogens is 318 g/mol. The van der Waals surface area contributed by atoms with Gasteiger partial charge < -0.3 is 0 Å². The molecule has 1 aromatic rings. The smallest absolute Gasteiger partial charge is 0.254 e. The minimum atomic E-state index is -3.49. The number of hydrogen-bond acceptors (Lipinski definition) is 5. The van der Waals surface area contributed by atoms with E-state index < -0.39 is 10.0 Å². The molecule has 1 unspecified atom stereocenters. The second kappa shape index (κ2) is 6.27. The van der Waals surface area contributed by atoms with Crippen LogP contribution in [0, 0.1) is 6.92 Å². The molecule has 0 spiro atoms. The first-order valence-corrected chi connectivity index (χ1v) is 9.33. The maximum Gasteiger partial charge on any atom is 0.254 e. The summed E-state index contributed by atoms with van der Waals surface area (Å²) in [4.78, 5) is 6.32. The van der Waals surface area contributed by atoms with Crippen LogP contribution in [0.5, 0.6) is 0 Å². The Hall–Kier alpha value is -0.210. The van der Waals surface area contributed by atoms with E-state index in [1.165, 1.54) is 4.31 Å². The monoisotopic (exact) mass is 337 g/mol. The highest BCUT2D eigenvalue weighted by atomic mass is 35.5. The van der Waals surface area contributed by atoms with Gasteiger partial charge in [-0.05, 0) is 32.9 Å². The molecule has 5 nitrogen and oxygen atoms in total. The lowest BCUT2D eigenvalue weighted by Crippen LogP contribution is -2.41. The molecule has 0 radical (unpaired) electrons. The van der Waals surface area contributed by atoms with Gasteiger partial charge in [0.1, 0.15) is 0 Å². The first-order chi connectivity index (χ1) is 9.36. The van der Waals surface area contributed by atoms with Crippen LogP contribution in [0.3, 0.4) is 0 Å². The predicted octanol–water partition coefficient (Wildman–Crippen LogP) is 2.21. The van der Waals surface area contributed by atoms with Gasteiger partial charge in [-0.2, -0.15) is 4.31 Å². The number of hydrogen-bond donors (Lipinski definition) is 0. The summed E-state index contributed by atoms with van der Waals surface area (Å²) in [5, 5.41) is 0. The van der Waals surface area contributed by atoms with Crippen molar-refractivity contribution in [1.82, 2.24) is 14.2 Å². The largest absolute Gasteiger partial charge is 0.299 e. The van der Waals surface area contributed by atoms with E-state index in [1.54, 1.807) is 14.0 Å². The molecule has 1 saturated heterocycles. The van der Waals surface area contributed by atoms with Gasteiger partial charge in [0.2, 0.25) is 0 Å². The fraction of sp³-hybridized carbons (Fsp3) is 0.750. The van der Waals surface area contributed by atoms with Gasteiger partial charge in [-0.25, -0.2) is 13.4 Å². The van der Waals surface area contributed by atoms with Gasteiger partial charge in [-0.1, -0.05) is 29.9 Å². The Bertz CT molecular complexity index is 573. The molecule has 1 fully saturated rings. The van der Waals surface area contributed by atoms with Crippen LogP contribution in [0.15, 0.2) is 4.21 Å². The van der Waals surface area contributed by atoms with Crippen LogP contribution < -0.4 is 0 Å². The summed E-state index contributed by atoms with van der Waals surface area (Å²) in [6, 6.07) is 0.309. The van der Waals surface area contributed by atoms with Crippen molar-refractivity contribution >= 4 is 33.0 Å². The maximum absolute atomic E-state index is 12.6. The van der Waals surface area contributed by atoms with Crippen LogP contribution in [0.4, 0.5) is 0 Å². The Morgan fingerprint density at radius 2 is 2.25 bits per heavy atom. The van der Waals surface area contributed by atoms with Gasteiger partial charge in [0.05, 0.1) is 5.69 Å². The number of aryl methyl sites for hydroxylation is 1. The molecular formula is C12H20ClN3O2S2. The van der Waals surface area contributed by atoms with Crippen molar-refractivity contribution < 1.29 is 8.42 Å². The average molecular weight is 338 g/mol. The van der Waals surface area contributed by atoms with Gasteiger partial charge >= 0.3 is 0 Å². The fourth-order valence-electron chi connectivity index (χ4n) is 2.64. The summed E-state index contributed by atoms with van der Waals surface area (Å²) in [6.45, 7) is 6.33. The van der Waals surface area contributed by atoms with E-state index in [-0.39, 0.29) is 8.68 Å². The lowest BCUT2D eigenvalue weighted by molar-refractivity contribution is 0.238. The molecule has 20 heavy (non-hydrogen) atoms. The standard InChI is InChI=1S/C12H20ClN3O2S2/c1-4-16-7-5-6-10(16)8-15(3)20(17,18)11-9(2)14-12(13)19-11/h10H,4-8H2,1-3H3. The highest BCUT2D eigenvalue weighted by Crippen LogP contribution is 2.29. The minimum absolute atomic E-state index is 0.256. The van der Waals surface area contributed by atoms with Gasteiger partial charge in [-0.15, -0.1) is 0 Å². The van der Waals surface area contributed by atoms with Crippen molar-refractivity contribution in [1.29, 1.82) is 0 Å². The van der Waals surface area contributed by atoms with Crippen molar-refractivity contribution in [2.75, 3.05) is 26.7 Å². The Kier molecular flexibility index (Phi) is 5.07. The number of nitrogens with zero attached hydrogens (tertiary/aromatic N) is 3. The van der Waals surface area contributed by atoms with Crippen molar-refractivity contribution in [2.45, 2.75) is 36.9 Å². The van der Waals surface area contributed by atoms with Crippen molar-refractivity contribution in [3.8, 4) is 0 Å². The summed E-state index contributed by atoms with van der Waals surface area (Å²) in [5.74, 6) is 0. The van der Waals surface area contributed by atoms with Gasteiger partial charge in [0.25, 0.3) is 10.0 Å². The zero-order valence-electron chi connectivity index (χ0n) is 12.0. The first-order valence-electron chi connectivity index (χ1n) is 6.69. The number of sulfonamides is 1. The molecule has 0 N–H and O–H groups in total. The van der Waals surface area contributed by atoms with Crippen LogP contribution in [0.1, 0.15) is 25.5 Å². The van der Waals surface area contributed by atoms with Crippen LogP contribution in [-0.4, -0.2) is 55.3 Å². The number of rotatable bonds is 5. The Labute approximate surface area is 129 Å². The van der Waals surface area contributed by atoms with Crippen LogP contribution in [-0.2, 0) is 10.0 Å². The van der Waals surface area contributed by atoms with Gasteiger partial charge in [0, 0.05) is 19.6 Å². The quantitative estimate of drug-likeness (QED) is 0.826. The normalized spacial score (nSPS) is 20.9. The van der Waals surface area contributed by atoms with Crippen LogP contribution in [0.25, 0.3) is 0 Å². The third kappa shape index (κ3) is 3.17. The van der Waals surface area contributed by atoms with Crippen molar-refractivity contribution in [3.63, 3.8) is 0 Å². The first kappa shape index (κ1) is 16.2. The predicted molar refractivity (Wildman–Crippen MR) is 81.9 cm³/mol. The number of halogens is 1. The summed E-state index contributed by atoms with van der Waals surface area (Å²) < 4.78 is 27.1. The molecule has 0 saturated carbocycles. The molecule has 1 atom stereocenters. The van der Waals surface area contributed by atoms with E-state index in [0.29, 0.717) is 18.3 Å². The minimum Gasteiger partial charge on any atom is -0.299 e. The number of likely N-dealkylation sites (tertiary alicyclic amines) is 1. The van der Waals surface area contributed by atoms with Gasteiger partial charge in [0.15, 0.2) is 8.68 Å². The van der Waals surface area contributed by atoms with Crippen LogP contribution >= 0.6 is 22.9 Å². The lowest BCUT2D eigenvalue weighted by Gasteiger charge is -2.27. The summed E-state index contributed by atoms with van der Waals surface area (Å²) >= 11 is 6.83.